The van der Waals surface area contributed by atoms with Gasteiger partial charge in [0.1, 0.15) is 5.60 Å². The monoisotopic (exact) mass is 319 g/mol. The van der Waals surface area contributed by atoms with Gasteiger partial charge in [-0.3, -0.25) is 0 Å². The summed E-state index contributed by atoms with van der Waals surface area (Å²) in [5.74, 6) is 6.35. The van der Waals surface area contributed by atoms with Crippen molar-refractivity contribution >= 4 is 0 Å². The molecule has 0 bridgehead atoms. The fourth-order valence-corrected chi connectivity index (χ4v) is 3.29. The number of aliphatic hydroxyl groups is 1. The molecule has 2 aromatic rings. The van der Waals surface area contributed by atoms with Crippen molar-refractivity contribution in [2.45, 2.75) is 50.3 Å². The van der Waals surface area contributed by atoms with Gasteiger partial charge in [0.2, 0.25) is 0 Å². The summed E-state index contributed by atoms with van der Waals surface area (Å²) >= 11 is 0. The Hall–Kier alpha value is -2.08. The highest BCUT2D eigenvalue weighted by Gasteiger charge is 2.35. The van der Waals surface area contributed by atoms with Crippen LogP contribution in [0.3, 0.4) is 0 Å². The summed E-state index contributed by atoms with van der Waals surface area (Å²) in [5.41, 5.74) is 1.23. The van der Waals surface area contributed by atoms with Crippen LogP contribution in [0.25, 0.3) is 0 Å². The molecule has 0 unspecified atom stereocenters. The molecule has 1 aliphatic carbocycles. The van der Waals surface area contributed by atoms with Gasteiger partial charge < -0.3 is 10.4 Å². The van der Waals surface area contributed by atoms with Gasteiger partial charge in [0.25, 0.3) is 0 Å². The van der Waals surface area contributed by atoms with Crippen LogP contribution in [0.15, 0.2) is 60.7 Å². The number of hydrogen-bond donors (Lipinski definition) is 2. The second-order valence-electron chi connectivity index (χ2n) is 6.56. The largest absolute Gasteiger partial charge is 0.376 e. The Balaban J connectivity index is 1.75. The zero-order valence-corrected chi connectivity index (χ0v) is 14.0. The third-order valence-electron chi connectivity index (χ3n) is 4.72. The molecule has 2 heteroatoms. The van der Waals surface area contributed by atoms with E-state index < -0.39 is 5.60 Å². The Morgan fingerprint density at radius 2 is 1.67 bits per heavy atom. The fourth-order valence-electron chi connectivity index (χ4n) is 3.29. The van der Waals surface area contributed by atoms with Crippen LogP contribution in [-0.2, 0) is 6.54 Å². The highest BCUT2D eigenvalue weighted by atomic mass is 16.3. The molecule has 0 heterocycles. The molecule has 1 saturated carbocycles. The molecule has 0 radical (unpaired) electrons. The van der Waals surface area contributed by atoms with E-state index in [1.165, 1.54) is 12.0 Å². The molecule has 24 heavy (non-hydrogen) atoms. The van der Waals surface area contributed by atoms with Crippen molar-refractivity contribution in [2.75, 3.05) is 0 Å². The Labute approximate surface area is 144 Å². The summed E-state index contributed by atoms with van der Waals surface area (Å²) < 4.78 is 0. The van der Waals surface area contributed by atoms with E-state index in [1.807, 2.05) is 48.5 Å². The molecular weight excluding hydrogens is 294 g/mol. The van der Waals surface area contributed by atoms with E-state index in [2.05, 4.69) is 29.3 Å². The van der Waals surface area contributed by atoms with Gasteiger partial charge in [-0.05, 0) is 37.0 Å². The number of nitrogens with one attached hydrogen (secondary N) is 1. The molecule has 0 amide bonds. The predicted octanol–water partition coefficient (Wildman–Crippen LogP) is 3.89. The minimum absolute atomic E-state index is 0.0106. The van der Waals surface area contributed by atoms with Gasteiger partial charge in [-0.1, -0.05) is 73.2 Å². The number of benzene rings is 2. The van der Waals surface area contributed by atoms with Crippen LogP contribution >= 0.6 is 0 Å². The molecule has 0 saturated heterocycles. The summed E-state index contributed by atoms with van der Waals surface area (Å²) in [6.45, 7) is 0.765. The van der Waals surface area contributed by atoms with Gasteiger partial charge in [0.05, 0.1) is 0 Å². The highest BCUT2D eigenvalue weighted by molar-refractivity contribution is 5.36. The van der Waals surface area contributed by atoms with Crippen molar-refractivity contribution in [1.82, 2.24) is 5.32 Å². The Morgan fingerprint density at radius 3 is 2.42 bits per heavy atom. The summed E-state index contributed by atoms with van der Waals surface area (Å²) in [7, 11) is 0. The second-order valence-corrected chi connectivity index (χ2v) is 6.56. The van der Waals surface area contributed by atoms with Crippen LogP contribution in [0, 0.1) is 11.8 Å². The van der Waals surface area contributed by atoms with Crippen LogP contribution < -0.4 is 5.32 Å². The van der Waals surface area contributed by atoms with Crippen molar-refractivity contribution in [3.63, 3.8) is 0 Å². The lowest BCUT2D eigenvalue weighted by Crippen LogP contribution is -2.49. The van der Waals surface area contributed by atoms with E-state index in [-0.39, 0.29) is 6.04 Å². The van der Waals surface area contributed by atoms with Crippen LogP contribution in [0.4, 0.5) is 0 Å². The quantitative estimate of drug-likeness (QED) is 0.664. The molecule has 0 spiro atoms. The van der Waals surface area contributed by atoms with Crippen LogP contribution in [0.1, 0.15) is 43.2 Å². The molecule has 0 aliphatic heterocycles. The third kappa shape index (κ3) is 4.47. The van der Waals surface area contributed by atoms with Crippen molar-refractivity contribution in [1.29, 1.82) is 0 Å². The van der Waals surface area contributed by atoms with Crippen molar-refractivity contribution < 1.29 is 5.11 Å². The Kier molecular flexibility index (Phi) is 5.69. The first-order valence-electron chi connectivity index (χ1n) is 8.84. The topological polar surface area (TPSA) is 32.3 Å². The third-order valence-corrected chi connectivity index (χ3v) is 4.72. The minimum atomic E-state index is -0.957. The average molecular weight is 319 g/mol. The first-order valence-corrected chi connectivity index (χ1v) is 8.84. The Morgan fingerprint density at radius 1 is 0.958 bits per heavy atom. The SMILES string of the molecule is O[C@@]1(C#Cc2ccccc2)CCCCC[C@@H]1NCc1ccccc1. The van der Waals surface area contributed by atoms with Gasteiger partial charge in [0.15, 0.2) is 0 Å². The van der Waals surface area contributed by atoms with Gasteiger partial charge in [-0.15, -0.1) is 0 Å². The van der Waals surface area contributed by atoms with Crippen molar-refractivity contribution in [3.05, 3.63) is 71.8 Å². The van der Waals surface area contributed by atoms with E-state index in [4.69, 9.17) is 0 Å². The molecule has 1 aliphatic rings. The summed E-state index contributed by atoms with van der Waals surface area (Å²) in [6, 6.07) is 20.3. The smallest absolute Gasteiger partial charge is 0.141 e. The molecule has 3 rings (SSSR count). The first kappa shape index (κ1) is 16.8. The molecule has 1 fully saturated rings. The van der Waals surface area contributed by atoms with Gasteiger partial charge >= 0.3 is 0 Å². The summed E-state index contributed by atoms with van der Waals surface area (Å²) in [6.07, 6.45) is 5.04. The molecule has 2 nitrogen and oxygen atoms in total. The summed E-state index contributed by atoms with van der Waals surface area (Å²) in [4.78, 5) is 0. The van der Waals surface area contributed by atoms with Crippen LogP contribution in [0.5, 0.6) is 0 Å². The highest BCUT2D eigenvalue weighted by Crippen LogP contribution is 2.27. The second kappa shape index (κ2) is 8.15. The molecule has 2 atom stereocenters. The van der Waals surface area contributed by atoms with Gasteiger partial charge in [-0.25, -0.2) is 0 Å². The first-order chi connectivity index (χ1) is 11.8. The van der Waals surface area contributed by atoms with E-state index in [9.17, 15) is 5.11 Å². The van der Waals surface area contributed by atoms with E-state index in [0.29, 0.717) is 0 Å². The van der Waals surface area contributed by atoms with E-state index in [1.54, 1.807) is 0 Å². The maximum atomic E-state index is 11.2. The molecule has 0 aromatic heterocycles. The normalized spacial score (nSPS) is 23.8. The van der Waals surface area contributed by atoms with E-state index in [0.717, 1.165) is 37.8 Å². The molecular formula is C22H25NO. The van der Waals surface area contributed by atoms with Crippen LogP contribution in [0.2, 0.25) is 0 Å². The zero-order chi connectivity index (χ0) is 16.7. The number of rotatable bonds is 3. The van der Waals surface area contributed by atoms with Crippen molar-refractivity contribution in [3.8, 4) is 11.8 Å². The van der Waals surface area contributed by atoms with Gasteiger partial charge in [0, 0.05) is 18.2 Å². The molecule has 124 valence electrons. The fraction of sp³-hybridized carbons (Fsp3) is 0.364. The van der Waals surface area contributed by atoms with Gasteiger partial charge in [-0.2, -0.15) is 0 Å². The summed E-state index contributed by atoms with van der Waals surface area (Å²) in [5, 5.41) is 14.8. The van der Waals surface area contributed by atoms with Crippen molar-refractivity contribution in [2.24, 2.45) is 0 Å². The Bertz CT molecular complexity index is 686. The molecule has 2 aromatic carbocycles. The standard InChI is InChI=1S/C22H25NO/c24-22(17-15-19-10-4-1-5-11-19)16-9-3-8-14-21(22)23-18-20-12-6-2-7-13-20/h1-2,4-7,10-13,21,23-24H,3,8-9,14,16,18H2/t21-,22+/m0/s1. The predicted molar refractivity (Wildman–Crippen MR) is 98.4 cm³/mol. The zero-order valence-electron chi connectivity index (χ0n) is 14.0. The lowest BCUT2D eigenvalue weighted by atomic mass is 9.89. The molecule has 2 N–H and O–H groups in total. The maximum absolute atomic E-state index is 11.2. The average Bonchev–Trinajstić information content (AvgIpc) is 2.82. The van der Waals surface area contributed by atoms with E-state index >= 15 is 0 Å². The minimum Gasteiger partial charge on any atom is -0.376 e. The lowest BCUT2D eigenvalue weighted by molar-refractivity contribution is 0.0506. The maximum Gasteiger partial charge on any atom is 0.141 e. The number of hydrogen-bond acceptors (Lipinski definition) is 2. The lowest BCUT2D eigenvalue weighted by Gasteiger charge is -2.31. The van der Waals surface area contributed by atoms with Crippen LogP contribution in [-0.4, -0.2) is 16.7 Å².